The minimum atomic E-state index is -0.630. The maximum Gasteiger partial charge on any atom is 0.338 e. The van der Waals surface area contributed by atoms with Crippen LogP contribution in [0.2, 0.25) is 0 Å². The van der Waals surface area contributed by atoms with Crippen LogP contribution in [0.4, 0.5) is 0 Å². The number of benzene rings is 2. The van der Waals surface area contributed by atoms with E-state index in [1.54, 1.807) is 49.6 Å². The van der Waals surface area contributed by atoms with Gasteiger partial charge in [0.2, 0.25) is 0 Å². The lowest BCUT2D eigenvalue weighted by Gasteiger charge is -2.25. The number of rotatable bonds is 4. The van der Waals surface area contributed by atoms with E-state index in [0.717, 1.165) is 5.56 Å². The number of aromatic hydroxyl groups is 1. The van der Waals surface area contributed by atoms with Crippen LogP contribution >= 0.6 is 11.3 Å². The first kappa shape index (κ1) is 20.8. The lowest BCUT2D eigenvalue weighted by atomic mass is 9.96. The average Bonchev–Trinajstić information content (AvgIpc) is 3.01. The third-order valence-electron chi connectivity index (χ3n) is 4.87. The molecule has 2 heterocycles. The van der Waals surface area contributed by atoms with Gasteiger partial charge in [0.1, 0.15) is 5.75 Å². The molecule has 1 aliphatic rings. The second-order valence-electron chi connectivity index (χ2n) is 7.54. The maximum absolute atomic E-state index is 13.4. The highest BCUT2D eigenvalue weighted by molar-refractivity contribution is 7.07. The molecule has 0 saturated carbocycles. The van der Waals surface area contributed by atoms with Gasteiger partial charge in [-0.15, -0.1) is 0 Å². The minimum Gasteiger partial charge on any atom is -0.508 e. The molecule has 1 unspecified atom stereocenters. The van der Waals surface area contributed by atoms with Crippen LogP contribution in [-0.2, 0) is 9.53 Å². The van der Waals surface area contributed by atoms with E-state index in [1.165, 1.54) is 11.3 Å². The lowest BCUT2D eigenvalue weighted by Crippen LogP contribution is -2.40. The van der Waals surface area contributed by atoms with Gasteiger partial charge < -0.3 is 9.84 Å². The molecule has 0 spiro atoms. The van der Waals surface area contributed by atoms with Crippen LogP contribution in [-0.4, -0.2) is 21.7 Å². The molecule has 158 valence electrons. The highest BCUT2D eigenvalue weighted by Gasteiger charge is 2.33. The summed E-state index contributed by atoms with van der Waals surface area (Å²) in [6, 6.07) is 15.5. The van der Waals surface area contributed by atoms with Gasteiger partial charge in [0.05, 0.1) is 27.9 Å². The summed E-state index contributed by atoms with van der Waals surface area (Å²) in [5.74, 6) is -0.356. The molecule has 7 heteroatoms. The molecule has 0 aliphatic carbocycles. The van der Waals surface area contributed by atoms with Crippen molar-refractivity contribution in [3.8, 4) is 5.75 Å². The van der Waals surface area contributed by atoms with Crippen molar-refractivity contribution in [2.75, 3.05) is 0 Å². The number of aromatic nitrogens is 1. The van der Waals surface area contributed by atoms with E-state index in [9.17, 15) is 14.7 Å². The Morgan fingerprint density at radius 3 is 2.61 bits per heavy atom. The summed E-state index contributed by atoms with van der Waals surface area (Å²) in [5.41, 5.74) is 2.15. The summed E-state index contributed by atoms with van der Waals surface area (Å²) in [6.07, 6.45) is 1.43. The largest absolute Gasteiger partial charge is 0.508 e. The molecule has 0 radical (unpaired) electrons. The Hall–Kier alpha value is -3.45. The molecule has 31 heavy (non-hydrogen) atoms. The highest BCUT2D eigenvalue weighted by Crippen LogP contribution is 2.30. The first-order chi connectivity index (χ1) is 14.8. The van der Waals surface area contributed by atoms with Crippen molar-refractivity contribution in [3.05, 3.63) is 96.7 Å². The van der Waals surface area contributed by atoms with Gasteiger partial charge in [-0.3, -0.25) is 9.36 Å². The third kappa shape index (κ3) is 4.09. The van der Waals surface area contributed by atoms with E-state index in [1.807, 2.05) is 36.4 Å². The molecule has 1 N–H and O–H groups in total. The standard InChI is InChI=1S/C24H22N2O4S/c1-14(2)30-23(29)20-15(3)25-24-26(21(20)17-9-5-4-6-10-17)22(28)19(31-24)13-16-8-7-11-18(27)12-16/h4-14,21,27H,1-3H3. The number of nitrogens with zero attached hydrogens (tertiary/aromatic N) is 2. The summed E-state index contributed by atoms with van der Waals surface area (Å²) in [5, 5.41) is 9.74. The Morgan fingerprint density at radius 2 is 1.94 bits per heavy atom. The molecule has 0 bridgehead atoms. The van der Waals surface area contributed by atoms with Crippen LogP contribution in [0.1, 0.15) is 37.9 Å². The van der Waals surface area contributed by atoms with Gasteiger partial charge in [-0.05, 0) is 50.1 Å². The van der Waals surface area contributed by atoms with E-state index >= 15 is 0 Å². The monoisotopic (exact) mass is 434 g/mol. The molecule has 0 amide bonds. The van der Waals surface area contributed by atoms with Gasteiger partial charge in [-0.25, -0.2) is 9.79 Å². The number of thiazole rings is 1. The number of ether oxygens (including phenoxy) is 1. The molecular formula is C24H22N2O4S. The van der Waals surface area contributed by atoms with Crippen LogP contribution in [0.5, 0.6) is 5.75 Å². The molecule has 1 aliphatic heterocycles. The SMILES string of the molecule is CC1=C(C(=O)OC(C)C)C(c2ccccc2)n2c(sc(=Cc3cccc(O)c3)c2=O)=N1. The van der Waals surface area contributed by atoms with Crippen LogP contribution in [0.25, 0.3) is 6.08 Å². The zero-order valence-corrected chi connectivity index (χ0v) is 18.2. The van der Waals surface area contributed by atoms with Crippen LogP contribution in [0.15, 0.2) is 75.7 Å². The van der Waals surface area contributed by atoms with Crippen molar-refractivity contribution < 1.29 is 14.6 Å². The van der Waals surface area contributed by atoms with Gasteiger partial charge in [-0.2, -0.15) is 0 Å². The Labute approximate surface area is 183 Å². The Kier molecular flexibility index (Phi) is 5.61. The zero-order valence-electron chi connectivity index (χ0n) is 17.4. The fraction of sp³-hybridized carbons (Fsp3) is 0.208. The molecular weight excluding hydrogens is 412 g/mol. The van der Waals surface area contributed by atoms with Crippen LogP contribution in [0, 0.1) is 0 Å². The summed E-state index contributed by atoms with van der Waals surface area (Å²) in [6.45, 7) is 5.34. The van der Waals surface area contributed by atoms with Crippen LogP contribution < -0.4 is 14.9 Å². The summed E-state index contributed by atoms with van der Waals surface area (Å²) in [7, 11) is 0. The van der Waals surface area contributed by atoms with Crippen molar-refractivity contribution in [3.63, 3.8) is 0 Å². The smallest absolute Gasteiger partial charge is 0.338 e. The first-order valence-electron chi connectivity index (χ1n) is 9.92. The molecule has 0 fully saturated rings. The fourth-order valence-corrected chi connectivity index (χ4v) is 4.62. The molecule has 3 aromatic rings. The van der Waals surface area contributed by atoms with E-state index in [-0.39, 0.29) is 17.4 Å². The van der Waals surface area contributed by atoms with Crippen molar-refractivity contribution in [1.29, 1.82) is 0 Å². The topological polar surface area (TPSA) is 80.9 Å². The minimum absolute atomic E-state index is 0.123. The number of phenols is 1. The number of allylic oxidation sites excluding steroid dienone is 1. The quantitative estimate of drug-likeness (QED) is 0.641. The second kappa shape index (κ2) is 8.35. The first-order valence-corrected chi connectivity index (χ1v) is 10.7. The molecule has 1 aromatic heterocycles. The van der Waals surface area contributed by atoms with Gasteiger partial charge in [0.25, 0.3) is 5.56 Å². The Bertz CT molecular complexity index is 1350. The number of esters is 1. The summed E-state index contributed by atoms with van der Waals surface area (Å²) in [4.78, 5) is 31.5. The van der Waals surface area contributed by atoms with Crippen LogP contribution in [0.3, 0.4) is 0 Å². The summed E-state index contributed by atoms with van der Waals surface area (Å²) < 4.78 is 7.50. The van der Waals surface area contributed by atoms with Crippen molar-refractivity contribution in [2.24, 2.45) is 4.99 Å². The second-order valence-corrected chi connectivity index (χ2v) is 8.55. The Balaban J connectivity index is 1.94. The number of carbonyl (C=O) groups is 1. The number of carbonyl (C=O) groups excluding carboxylic acids is 1. The predicted molar refractivity (Wildman–Crippen MR) is 120 cm³/mol. The number of phenolic OH excluding ortho intramolecular Hbond substituents is 1. The third-order valence-corrected chi connectivity index (χ3v) is 5.85. The molecule has 0 saturated heterocycles. The number of hydrogen-bond donors (Lipinski definition) is 1. The van der Waals surface area contributed by atoms with Crippen molar-refractivity contribution in [1.82, 2.24) is 4.57 Å². The highest BCUT2D eigenvalue weighted by atomic mass is 32.1. The predicted octanol–water partition coefficient (Wildman–Crippen LogP) is 2.89. The average molecular weight is 435 g/mol. The van der Waals surface area contributed by atoms with Crippen molar-refractivity contribution in [2.45, 2.75) is 32.9 Å². The fourth-order valence-electron chi connectivity index (χ4n) is 3.58. The van der Waals surface area contributed by atoms with Crippen molar-refractivity contribution >= 4 is 23.4 Å². The number of fused-ring (bicyclic) bond motifs is 1. The Morgan fingerprint density at radius 1 is 1.19 bits per heavy atom. The maximum atomic E-state index is 13.4. The van der Waals surface area contributed by atoms with Gasteiger partial charge in [0.15, 0.2) is 4.80 Å². The zero-order chi connectivity index (χ0) is 22.1. The van der Waals surface area contributed by atoms with Gasteiger partial charge in [-0.1, -0.05) is 53.8 Å². The van der Waals surface area contributed by atoms with E-state index in [2.05, 4.69) is 4.99 Å². The molecule has 1 atom stereocenters. The molecule has 6 nitrogen and oxygen atoms in total. The van der Waals surface area contributed by atoms with E-state index < -0.39 is 12.0 Å². The molecule has 4 rings (SSSR count). The molecule has 2 aromatic carbocycles. The normalized spacial score (nSPS) is 16.3. The van der Waals surface area contributed by atoms with Gasteiger partial charge >= 0.3 is 5.97 Å². The summed E-state index contributed by atoms with van der Waals surface area (Å²) >= 11 is 1.25. The van der Waals surface area contributed by atoms with Gasteiger partial charge in [0, 0.05) is 0 Å². The number of hydrogen-bond acceptors (Lipinski definition) is 6. The lowest BCUT2D eigenvalue weighted by molar-refractivity contribution is -0.143. The van der Waals surface area contributed by atoms with E-state index in [4.69, 9.17) is 4.74 Å². The van der Waals surface area contributed by atoms with E-state index in [0.29, 0.717) is 26.2 Å².